The second-order valence-electron chi connectivity index (χ2n) is 13.7. The SMILES string of the molecule is NC1CCN(C(=O)C2CN(Cc3ccc(-c4ccc(Cl)cc4)cc3)CCN2S(=O)(=O)c2ccc3cc(OC4CCCC4)ccc3c2)CC1(F)F. The highest BCUT2D eigenvalue weighted by Crippen LogP contribution is 2.32. The molecule has 3 aliphatic rings. The standard InChI is InChI=1S/C38H41ClF2N4O4S/c39-31-13-9-28(10-14-31)27-7-5-26(6-8-27)23-43-19-20-45(35(24-43)37(46)44-18-17-36(42)38(40,41)25-44)50(47,48)34-16-12-29-21-33(15-11-30(29)22-34)49-32-3-1-2-4-32/h5-16,21-22,32,35-36H,1-4,17-20,23-25,42H2. The molecule has 1 aliphatic carbocycles. The smallest absolute Gasteiger partial charge is 0.280 e. The fourth-order valence-electron chi connectivity index (χ4n) is 7.28. The maximum Gasteiger partial charge on any atom is 0.280 e. The summed E-state index contributed by atoms with van der Waals surface area (Å²) in [5.41, 5.74) is 8.69. The van der Waals surface area contributed by atoms with E-state index in [4.69, 9.17) is 22.1 Å². The zero-order chi connectivity index (χ0) is 35.0. The van der Waals surface area contributed by atoms with Crippen LogP contribution in [-0.4, -0.2) is 85.3 Å². The van der Waals surface area contributed by atoms with Crippen LogP contribution in [0.1, 0.15) is 37.7 Å². The van der Waals surface area contributed by atoms with Gasteiger partial charge in [0.2, 0.25) is 15.9 Å². The summed E-state index contributed by atoms with van der Waals surface area (Å²) in [6.45, 7) is 0.0928. The third kappa shape index (κ3) is 7.38. The quantitative estimate of drug-likeness (QED) is 0.222. The Kier molecular flexibility index (Phi) is 9.88. The number of amides is 1. The molecule has 3 fully saturated rings. The van der Waals surface area contributed by atoms with Crippen LogP contribution in [0.25, 0.3) is 21.9 Å². The van der Waals surface area contributed by atoms with Crippen molar-refractivity contribution in [1.82, 2.24) is 14.1 Å². The first kappa shape index (κ1) is 34.8. The second kappa shape index (κ2) is 14.2. The summed E-state index contributed by atoms with van der Waals surface area (Å²) < 4.78 is 65.4. The van der Waals surface area contributed by atoms with Gasteiger partial charge in [0.15, 0.2) is 0 Å². The van der Waals surface area contributed by atoms with Crippen molar-refractivity contribution >= 4 is 38.3 Å². The van der Waals surface area contributed by atoms with E-state index in [1.165, 1.54) is 4.31 Å². The molecule has 2 atom stereocenters. The minimum atomic E-state index is -4.18. The number of hydrogen-bond donors (Lipinski definition) is 1. The lowest BCUT2D eigenvalue weighted by molar-refractivity contribution is -0.149. The average Bonchev–Trinajstić information content (AvgIpc) is 3.62. The number of hydrogen-bond acceptors (Lipinski definition) is 6. The van der Waals surface area contributed by atoms with E-state index in [9.17, 15) is 22.0 Å². The monoisotopic (exact) mass is 722 g/mol. The number of halogens is 3. The summed E-state index contributed by atoms with van der Waals surface area (Å²) in [6, 6.07) is 23.5. The van der Waals surface area contributed by atoms with Gasteiger partial charge in [-0.2, -0.15) is 4.31 Å². The maximum absolute atomic E-state index is 14.7. The van der Waals surface area contributed by atoms with Crippen LogP contribution in [0.15, 0.2) is 89.8 Å². The Morgan fingerprint density at radius 1 is 0.860 bits per heavy atom. The Labute approximate surface area is 296 Å². The minimum Gasteiger partial charge on any atom is -0.490 e. The van der Waals surface area contributed by atoms with Crippen molar-refractivity contribution in [1.29, 1.82) is 0 Å². The summed E-state index contributed by atoms with van der Waals surface area (Å²) in [5, 5.41) is 2.22. The Morgan fingerprint density at radius 2 is 1.52 bits per heavy atom. The third-order valence-corrected chi connectivity index (χ3v) is 12.4. The van der Waals surface area contributed by atoms with Gasteiger partial charge in [-0.3, -0.25) is 9.69 Å². The van der Waals surface area contributed by atoms with E-state index in [1.54, 1.807) is 18.2 Å². The average molecular weight is 723 g/mol. The first-order valence-corrected chi connectivity index (χ1v) is 19.0. The van der Waals surface area contributed by atoms with Crippen molar-refractivity contribution in [2.45, 2.75) is 67.7 Å². The number of piperazine rings is 1. The van der Waals surface area contributed by atoms with E-state index in [0.717, 1.165) is 63.8 Å². The highest BCUT2D eigenvalue weighted by atomic mass is 35.5. The highest BCUT2D eigenvalue weighted by molar-refractivity contribution is 7.89. The minimum absolute atomic E-state index is 0.0253. The van der Waals surface area contributed by atoms with Gasteiger partial charge in [-0.05, 0) is 96.0 Å². The first-order valence-electron chi connectivity index (χ1n) is 17.2. The summed E-state index contributed by atoms with van der Waals surface area (Å²) in [4.78, 5) is 17.2. The lowest BCUT2D eigenvalue weighted by atomic mass is 10.0. The summed E-state index contributed by atoms with van der Waals surface area (Å²) in [7, 11) is -4.18. The van der Waals surface area contributed by atoms with Crippen LogP contribution in [0, 0.1) is 0 Å². The van der Waals surface area contributed by atoms with Gasteiger partial charge < -0.3 is 15.4 Å². The van der Waals surface area contributed by atoms with Gasteiger partial charge in [0, 0.05) is 37.7 Å². The van der Waals surface area contributed by atoms with Gasteiger partial charge in [0.05, 0.1) is 23.6 Å². The molecule has 0 radical (unpaired) electrons. The number of ether oxygens (including phenoxy) is 1. The molecule has 12 heteroatoms. The molecule has 2 N–H and O–H groups in total. The highest BCUT2D eigenvalue weighted by Gasteiger charge is 2.48. The predicted molar refractivity (Wildman–Crippen MR) is 191 cm³/mol. The molecule has 2 heterocycles. The molecule has 1 saturated carbocycles. The molecule has 0 spiro atoms. The molecule has 2 aliphatic heterocycles. The van der Waals surface area contributed by atoms with Crippen molar-refractivity contribution in [2.24, 2.45) is 5.73 Å². The van der Waals surface area contributed by atoms with E-state index in [2.05, 4.69) is 0 Å². The number of sulfonamides is 1. The molecule has 2 unspecified atom stereocenters. The number of carbonyl (C=O) groups excluding carboxylic acids is 1. The first-order chi connectivity index (χ1) is 24.0. The largest absolute Gasteiger partial charge is 0.490 e. The van der Waals surface area contributed by atoms with Gasteiger partial charge in [-0.1, -0.05) is 60.1 Å². The van der Waals surface area contributed by atoms with E-state index >= 15 is 0 Å². The molecule has 4 aromatic carbocycles. The number of alkyl halides is 2. The molecule has 264 valence electrons. The summed E-state index contributed by atoms with van der Waals surface area (Å²) in [6.07, 6.45) is 4.50. The summed E-state index contributed by atoms with van der Waals surface area (Å²) >= 11 is 6.04. The van der Waals surface area contributed by atoms with Crippen molar-refractivity contribution in [3.8, 4) is 16.9 Å². The number of rotatable bonds is 8. The van der Waals surface area contributed by atoms with Crippen molar-refractivity contribution in [3.05, 3.63) is 95.5 Å². The lowest BCUT2D eigenvalue weighted by Crippen LogP contribution is -2.64. The fraction of sp³-hybridized carbons (Fsp3) is 0.395. The number of likely N-dealkylation sites (tertiary alicyclic amines) is 1. The zero-order valence-corrected chi connectivity index (χ0v) is 29.3. The van der Waals surface area contributed by atoms with Crippen molar-refractivity contribution < 1.29 is 26.7 Å². The van der Waals surface area contributed by atoms with Gasteiger partial charge >= 0.3 is 0 Å². The molecule has 50 heavy (non-hydrogen) atoms. The van der Waals surface area contributed by atoms with Crippen molar-refractivity contribution in [2.75, 3.05) is 32.7 Å². The molecule has 7 rings (SSSR count). The van der Waals surface area contributed by atoms with E-state index in [0.29, 0.717) is 18.1 Å². The molecule has 2 saturated heterocycles. The number of nitrogens with two attached hydrogens (primary N) is 1. The Balaban J connectivity index is 1.13. The molecule has 1 amide bonds. The number of nitrogens with zero attached hydrogens (tertiary/aromatic N) is 3. The predicted octanol–water partition coefficient (Wildman–Crippen LogP) is 6.55. The van der Waals surface area contributed by atoms with Gasteiger partial charge in [-0.15, -0.1) is 0 Å². The van der Waals surface area contributed by atoms with Crippen LogP contribution >= 0.6 is 11.6 Å². The van der Waals surface area contributed by atoms with Crippen LogP contribution < -0.4 is 10.5 Å². The number of fused-ring (bicyclic) bond motifs is 1. The van der Waals surface area contributed by atoms with Crippen LogP contribution in [-0.2, 0) is 21.4 Å². The molecule has 0 aromatic heterocycles. The van der Waals surface area contributed by atoms with E-state index in [-0.39, 0.29) is 37.1 Å². The third-order valence-electron chi connectivity index (χ3n) is 10.2. The Morgan fingerprint density at radius 3 is 2.22 bits per heavy atom. The number of piperidine rings is 1. The Bertz CT molecular complexity index is 1960. The van der Waals surface area contributed by atoms with Crippen LogP contribution in [0.2, 0.25) is 5.02 Å². The van der Waals surface area contributed by atoms with Crippen LogP contribution in [0.5, 0.6) is 5.75 Å². The number of benzene rings is 4. The fourth-order valence-corrected chi connectivity index (χ4v) is 9.01. The van der Waals surface area contributed by atoms with Crippen LogP contribution in [0.3, 0.4) is 0 Å². The topological polar surface area (TPSA) is 96.2 Å². The van der Waals surface area contributed by atoms with Gasteiger partial charge in [0.1, 0.15) is 11.8 Å². The van der Waals surface area contributed by atoms with Crippen LogP contribution in [0.4, 0.5) is 8.78 Å². The van der Waals surface area contributed by atoms with E-state index in [1.807, 2.05) is 71.6 Å². The Hall–Kier alpha value is -3.61. The summed E-state index contributed by atoms with van der Waals surface area (Å²) in [5.74, 6) is -3.16. The lowest BCUT2D eigenvalue weighted by Gasteiger charge is -2.43. The zero-order valence-electron chi connectivity index (χ0n) is 27.7. The van der Waals surface area contributed by atoms with Crippen molar-refractivity contribution in [3.63, 3.8) is 0 Å². The van der Waals surface area contributed by atoms with Gasteiger partial charge in [0.25, 0.3) is 5.92 Å². The molecular weight excluding hydrogens is 682 g/mol. The number of carbonyl (C=O) groups is 1. The molecule has 0 bridgehead atoms. The van der Waals surface area contributed by atoms with Gasteiger partial charge in [-0.25, -0.2) is 17.2 Å². The normalized spacial score (nSPS) is 22.2. The second-order valence-corrected chi connectivity index (χ2v) is 16.0. The molecule has 4 aromatic rings. The van der Waals surface area contributed by atoms with E-state index < -0.39 is 40.5 Å². The molecule has 8 nitrogen and oxygen atoms in total. The maximum atomic E-state index is 14.7. The molecular formula is C38H41ClF2N4O4S.